The van der Waals surface area contributed by atoms with E-state index in [0.717, 1.165) is 23.4 Å². The van der Waals surface area contributed by atoms with Crippen molar-refractivity contribution in [1.82, 2.24) is 4.98 Å². The van der Waals surface area contributed by atoms with Gasteiger partial charge in [-0.3, -0.25) is 4.98 Å². The number of methoxy groups -OCH3 is 1. The molecule has 0 N–H and O–H groups in total. The van der Waals surface area contributed by atoms with Gasteiger partial charge in [0.15, 0.2) is 0 Å². The van der Waals surface area contributed by atoms with Crippen LogP contribution in [0.5, 0.6) is 5.75 Å². The van der Waals surface area contributed by atoms with E-state index in [1.165, 1.54) is 0 Å². The monoisotopic (exact) mass is 161 g/mol. The summed E-state index contributed by atoms with van der Waals surface area (Å²) in [5.74, 6) is 3.28. The average Bonchev–Trinajstić information content (AvgIpc) is 2.16. The van der Waals surface area contributed by atoms with E-state index < -0.39 is 0 Å². The Morgan fingerprint density at radius 3 is 2.92 bits per heavy atom. The predicted molar refractivity (Wildman–Crippen MR) is 48.1 cm³/mol. The largest absolute Gasteiger partial charge is 0.495 e. The SMILES string of the molecule is C#Cc1cnc(CC)c(OC)c1. The molecule has 0 fully saturated rings. The topological polar surface area (TPSA) is 22.1 Å². The van der Waals surface area contributed by atoms with Crippen molar-refractivity contribution < 1.29 is 4.74 Å². The van der Waals surface area contributed by atoms with Crippen LogP contribution in [0.2, 0.25) is 0 Å². The first-order chi connectivity index (χ1) is 5.81. The molecule has 62 valence electrons. The van der Waals surface area contributed by atoms with Crippen LogP contribution in [0.4, 0.5) is 0 Å². The third kappa shape index (κ3) is 1.57. The number of hydrogen-bond acceptors (Lipinski definition) is 2. The zero-order valence-electron chi connectivity index (χ0n) is 7.29. The Bertz CT molecular complexity index is 312. The minimum Gasteiger partial charge on any atom is -0.495 e. The molecule has 0 saturated carbocycles. The van der Waals surface area contributed by atoms with E-state index in [-0.39, 0.29) is 0 Å². The van der Waals surface area contributed by atoms with Crippen LogP contribution < -0.4 is 4.74 Å². The van der Waals surface area contributed by atoms with Crippen LogP contribution >= 0.6 is 0 Å². The molecule has 0 aliphatic rings. The van der Waals surface area contributed by atoms with Crippen LogP contribution in [0.3, 0.4) is 0 Å². The van der Waals surface area contributed by atoms with Gasteiger partial charge < -0.3 is 4.74 Å². The molecule has 0 unspecified atom stereocenters. The second kappa shape index (κ2) is 3.77. The van der Waals surface area contributed by atoms with E-state index in [1.54, 1.807) is 13.3 Å². The van der Waals surface area contributed by atoms with Crippen molar-refractivity contribution >= 4 is 0 Å². The van der Waals surface area contributed by atoms with Crippen molar-refractivity contribution in [2.75, 3.05) is 7.11 Å². The van der Waals surface area contributed by atoms with E-state index in [9.17, 15) is 0 Å². The summed E-state index contributed by atoms with van der Waals surface area (Å²) in [6.45, 7) is 2.03. The molecule has 0 amide bonds. The molecule has 12 heavy (non-hydrogen) atoms. The van der Waals surface area contributed by atoms with Crippen LogP contribution in [0.25, 0.3) is 0 Å². The van der Waals surface area contributed by atoms with Crippen LogP contribution in [0, 0.1) is 12.3 Å². The minimum atomic E-state index is 0.754. The Hall–Kier alpha value is -1.49. The fraction of sp³-hybridized carbons (Fsp3) is 0.300. The lowest BCUT2D eigenvalue weighted by Gasteiger charge is -2.04. The summed E-state index contributed by atoms with van der Waals surface area (Å²) in [4.78, 5) is 4.17. The van der Waals surface area contributed by atoms with Gasteiger partial charge in [0.05, 0.1) is 12.8 Å². The van der Waals surface area contributed by atoms with Gasteiger partial charge in [0.2, 0.25) is 0 Å². The molecule has 0 bridgehead atoms. The summed E-state index contributed by atoms with van der Waals surface area (Å²) < 4.78 is 5.12. The molecule has 1 aromatic heterocycles. The summed E-state index contributed by atoms with van der Waals surface area (Å²) in [6, 6.07) is 1.83. The number of hydrogen-bond donors (Lipinski definition) is 0. The predicted octanol–water partition coefficient (Wildman–Crippen LogP) is 1.63. The van der Waals surface area contributed by atoms with Gasteiger partial charge in [0, 0.05) is 11.8 Å². The first-order valence-corrected chi connectivity index (χ1v) is 3.81. The molecule has 0 spiro atoms. The number of ether oxygens (including phenoxy) is 1. The number of terminal acetylenes is 1. The van der Waals surface area contributed by atoms with Gasteiger partial charge in [-0.1, -0.05) is 12.8 Å². The summed E-state index contributed by atoms with van der Waals surface area (Å²) >= 11 is 0. The molecule has 0 saturated heterocycles. The van der Waals surface area contributed by atoms with Crippen LogP contribution in [-0.2, 0) is 6.42 Å². The maximum atomic E-state index is 5.22. The van der Waals surface area contributed by atoms with Crippen molar-refractivity contribution in [2.45, 2.75) is 13.3 Å². The highest BCUT2D eigenvalue weighted by Gasteiger charge is 2.01. The van der Waals surface area contributed by atoms with Crippen molar-refractivity contribution in [3.8, 4) is 18.1 Å². The first-order valence-electron chi connectivity index (χ1n) is 3.81. The maximum Gasteiger partial charge on any atom is 0.141 e. The number of aromatic nitrogens is 1. The quantitative estimate of drug-likeness (QED) is 0.615. The molecule has 2 nitrogen and oxygen atoms in total. The van der Waals surface area contributed by atoms with E-state index in [2.05, 4.69) is 10.9 Å². The number of pyridine rings is 1. The summed E-state index contributed by atoms with van der Waals surface area (Å²) in [7, 11) is 1.62. The van der Waals surface area contributed by atoms with Gasteiger partial charge in [0.1, 0.15) is 5.75 Å². The Morgan fingerprint density at radius 2 is 2.42 bits per heavy atom. The van der Waals surface area contributed by atoms with Crippen molar-refractivity contribution in [2.24, 2.45) is 0 Å². The second-order valence-electron chi connectivity index (χ2n) is 2.37. The Kier molecular flexibility index (Phi) is 2.71. The van der Waals surface area contributed by atoms with E-state index in [0.29, 0.717) is 0 Å². The molecule has 0 atom stereocenters. The van der Waals surface area contributed by atoms with Crippen molar-refractivity contribution in [1.29, 1.82) is 0 Å². The molecule has 0 aromatic carbocycles. The molecule has 0 aliphatic heterocycles. The van der Waals surface area contributed by atoms with Crippen LogP contribution in [-0.4, -0.2) is 12.1 Å². The summed E-state index contributed by atoms with van der Waals surface area (Å²) in [5, 5.41) is 0. The fourth-order valence-electron chi connectivity index (χ4n) is 0.994. The molecule has 1 rings (SSSR count). The number of rotatable bonds is 2. The zero-order chi connectivity index (χ0) is 8.97. The average molecular weight is 161 g/mol. The van der Waals surface area contributed by atoms with Gasteiger partial charge in [-0.25, -0.2) is 0 Å². The first kappa shape index (κ1) is 8.61. The molecule has 0 aliphatic carbocycles. The highest BCUT2D eigenvalue weighted by molar-refractivity contribution is 5.39. The lowest BCUT2D eigenvalue weighted by atomic mass is 10.2. The Balaban J connectivity index is 3.13. The molecular formula is C10H11NO. The van der Waals surface area contributed by atoms with Gasteiger partial charge in [-0.05, 0) is 12.5 Å². The highest BCUT2D eigenvalue weighted by atomic mass is 16.5. The number of nitrogens with zero attached hydrogens (tertiary/aromatic N) is 1. The Labute approximate surface area is 72.6 Å². The molecule has 0 radical (unpaired) electrons. The summed E-state index contributed by atoms with van der Waals surface area (Å²) in [5.41, 5.74) is 1.69. The van der Waals surface area contributed by atoms with Crippen LogP contribution in [0.15, 0.2) is 12.3 Å². The normalized spacial score (nSPS) is 9.08. The lowest BCUT2D eigenvalue weighted by Crippen LogP contribution is -1.94. The summed E-state index contributed by atoms with van der Waals surface area (Å²) in [6.07, 6.45) is 7.76. The van der Waals surface area contributed by atoms with Gasteiger partial charge >= 0.3 is 0 Å². The minimum absolute atomic E-state index is 0.754. The molecule has 1 aromatic rings. The lowest BCUT2D eigenvalue weighted by molar-refractivity contribution is 0.407. The van der Waals surface area contributed by atoms with E-state index in [1.807, 2.05) is 13.0 Å². The third-order valence-corrected chi connectivity index (χ3v) is 1.65. The zero-order valence-corrected chi connectivity index (χ0v) is 7.29. The van der Waals surface area contributed by atoms with E-state index in [4.69, 9.17) is 11.2 Å². The van der Waals surface area contributed by atoms with Crippen LogP contribution in [0.1, 0.15) is 18.2 Å². The molecule has 2 heteroatoms. The molecular weight excluding hydrogens is 150 g/mol. The second-order valence-corrected chi connectivity index (χ2v) is 2.37. The molecule has 1 heterocycles. The fourth-order valence-corrected chi connectivity index (χ4v) is 0.994. The standard InChI is InChI=1S/C10H11NO/c1-4-8-6-10(12-3)9(5-2)11-7-8/h1,6-7H,5H2,2-3H3. The Morgan fingerprint density at radius 1 is 1.67 bits per heavy atom. The maximum absolute atomic E-state index is 5.22. The highest BCUT2D eigenvalue weighted by Crippen LogP contribution is 2.16. The number of aryl methyl sites for hydroxylation is 1. The van der Waals surface area contributed by atoms with Gasteiger partial charge in [0.25, 0.3) is 0 Å². The smallest absolute Gasteiger partial charge is 0.141 e. The van der Waals surface area contributed by atoms with Gasteiger partial charge in [-0.2, -0.15) is 0 Å². The van der Waals surface area contributed by atoms with Crippen molar-refractivity contribution in [3.63, 3.8) is 0 Å². The van der Waals surface area contributed by atoms with Crippen molar-refractivity contribution in [3.05, 3.63) is 23.5 Å². The van der Waals surface area contributed by atoms with Gasteiger partial charge in [-0.15, -0.1) is 6.42 Å². The third-order valence-electron chi connectivity index (χ3n) is 1.65. The van der Waals surface area contributed by atoms with E-state index >= 15 is 0 Å².